The molecule has 4 nitrogen and oxygen atoms in total. The van der Waals surface area contributed by atoms with Gasteiger partial charge < -0.3 is 15.5 Å². The van der Waals surface area contributed by atoms with E-state index in [4.69, 9.17) is 5.11 Å². The molecule has 6 heteroatoms. The van der Waals surface area contributed by atoms with Crippen LogP contribution in [0.25, 0.3) is 0 Å². The highest BCUT2D eigenvalue weighted by atomic mass is 79.9. The molecule has 1 rings (SSSR count). The summed E-state index contributed by atoms with van der Waals surface area (Å²) in [6, 6.07) is 2.82. The number of nitrogens with one attached hydrogen (secondary N) is 1. The van der Waals surface area contributed by atoms with Crippen LogP contribution in [0.4, 0.5) is 10.1 Å². The second kappa shape index (κ2) is 5.01. The van der Waals surface area contributed by atoms with Gasteiger partial charge in [-0.3, -0.25) is 0 Å². The minimum absolute atomic E-state index is 0.165. The van der Waals surface area contributed by atoms with Gasteiger partial charge in [0.1, 0.15) is 5.82 Å². The number of hydrogen-bond donors (Lipinski definition) is 3. The minimum atomic E-state index is -1.87. The molecule has 0 amide bonds. The van der Waals surface area contributed by atoms with E-state index in [1.807, 2.05) is 0 Å². The summed E-state index contributed by atoms with van der Waals surface area (Å²) in [4.78, 5) is 10.7. The number of anilines is 1. The molecule has 94 valence electrons. The molecule has 0 aromatic heterocycles. The van der Waals surface area contributed by atoms with Gasteiger partial charge in [0, 0.05) is 5.69 Å². The van der Waals surface area contributed by atoms with Crippen molar-refractivity contribution in [3.05, 3.63) is 28.0 Å². The summed E-state index contributed by atoms with van der Waals surface area (Å²) in [6.07, 6.45) is 0. The zero-order valence-electron chi connectivity index (χ0n) is 9.42. The summed E-state index contributed by atoms with van der Waals surface area (Å²) < 4.78 is 13.4. The molecule has 0 aliphatic rings. The highest BCUT2D eigenvalue weighted by molar-refractivity contribution is 9.10. The lowest BCUT2D eigenvalue weighted by Gasteiger charge is -2.20. The van der Waals surface area contributed by atoms with Crippen molar-refractivity contribution in [1.82, 2.24) is 0 Å². The van der Waals surface area contributed by atoms with Crippen molar-refractivity contribution < 1.29 is 19.4 Å². The lowest BCUT2D eigenvalue weighted by atomic mass is 10.1. The first-order chi connectivity index (χ1) is 7.74. The molecule has 0 aliphatic heterocycles. The predicted octanol–water partition coefficient (Wildman–Crippen LogP) is 2.14. The second-order valence-corrected chi connectivity index (χ2v) is 4.87. The first kappa shape index (κ1) is 13.9. The maximum absolute atomic E-state index is 13.1. The van der Waals surface area contributed by atoms with Crippen molar-refractivity contribution in [1.29, 1.82) is 0 Å². The molecule has 1 aromatic carbocycles. The highest BCUT2D eigenvalue weighted by Gasteiger charge is 2.29. The molecule has 0 radical (unpaired) electrons. The maximum Gasteiger partial charge on any atom is 0.337 e. The Labute approximate surface area is 107 Å². The topological polar surface area (TPSA) is 69.6 Å². The smallest absolute Gasteiger partial charge is 0.337 e. The van der Waals surface area contributed by atoms with E-state index < -0.39 is 17.4 Å². The van der Waals surface area contributed by atoms with Crippen molar-refractivity contribution in [2.24, 2.45) is 0 Å². The number of carboxylic acids is 1. The molecular weight excluding hydrogens is 293 g/mol. The number of rotatable bonds is 4. The number of aryl methyl sites for hydroxylation is 1. The first-order valence-electron chi connectivity index (χ1n) is 4.89. The molecule has 0 fully saturated rings. The molecule has 1 aromatic rings. The monoisotopic (exact) mass is 305 g/mol. The molecule has 0 saturated carbocycles. The molecule has 0 spiro atoms. The Morgan fingerprint density at radius 3 is 2.71 bits per heavy atom. The van der Waals surface area contributed by atoms with Gasteiger partial charge in [0.25, 0.3) is 0 Å². The van der Waals surface area contributed by atoms with E-state index in [-0.39, 0.29) is 11.0 Å². The minimum Gasteiger partial charge on any atom is -0.479 e. The average Bonchev–Trinajstić information content (AvgIpc) is 2.21. The van der Waals surface area contributed by atoms with Crippen LogP contribution in [0.1, 0.15) is 12.5 Å². The fourth-order valence-corrected chi connectivity index (χ4v) is 1.52. The van der Waals surface area contributed by atoms with Gasteiger partial charge in [-0.1, -0.05) is 0 Å². The molecular formula is C11H13BrFNO3. The Kier molecular flexibility index (Phi) is 4.11. The van der Waals surface area contributed by atoms with Crippen LogP contribution in [0, 0.1) is 12.7 Å². The zero-order chi connectivity index (χ0) is 13.2. The normalized spacial score (nSPS) is 14.2. The number of hydrogen-bond acceptors (Lipinski definition) is 3. The van der Waals surface area contributed by atoms with Crippen molar-refractivity contribution in [3.8, 4) is 0 Å². The highest BCUT2D eigenvalue weighted by Crippen LogP contribution is 2.24. The summed E-state index contributed by atoms with van der Waals surface area (Å²) >= 11 is 3.04. The average molecular weight is 306 g/mol. The molecule has 0 heterocycles. The first-order valence-corrected chi connectivity index (χ1v) is 5.68. The lowest BCUT2D eigenvalue weighted by Crippen LogP contribution is -2.41. The Morgan fingerprint density at radius 2 is 2.18 bits per heavy atom. The largest absolute Gasteiger partial charge is 0.479 e. The number of carboxylic acid groups (broad SMARTS) is 1. The molecule has 17 heavy (non-hydrogen) atoms. The van der Waals surface area contributed by atoms with Crippen molar-refractivity contribution in [2.75, 3.05) is 11.9 Å². The third-order valence-electron chi connectivity index (χ3n) is 2.35. The quantitative estimate of drug-likeness (QED) is 0.797. The van der Waals surface area contributed by atoms with Crippen LogP contribution in [-0.2, 0) is 4.79 Å². The summed E-state index contributed by atoms with van der Waals surface area (Å²) in [5.74, 6) is -1.71. The molecule has 1 atom stereocenters. The molecule has 3 N–H and O–H groups in total. The van der Waals surface area contributed by atoms with Crippen LogP contribution in [-0.4, -0.2) is 28.3 Å². The van der Waals surface area contributed by atoms with Crippen molar-refractivity contribution >= 4 is 27.6 Å². The fraction of sp³-hybridized carbons (Fsp3) is 0.364. The molecule has 0 saturated heterocycles. The van der Waals surface area contributed by atoms with Gasteiger partial charge in [0.15, 0.2) is 5.60 Å². The van der Waals surface area contributed by atoms with E-state index in [0.717, 1.165) is 0 Å². The summed E-state index contributed by atoms with van der Waals surface area (Å²) in [5.41, 5.74) is -0.667. The van der Waals surface area contributed by atoms with Gasteiger partial charge in [-0.15, -0.1) is 0 Å². The predicted molar refractivity (Wildman–Crippen MR) is 65.6 cm³/mol. The van der Waals surface area contributed by atoms with Crippen LogP contribution in [0.5, 0.6) is 0 Å². The number of aliphatic hydroxyl groups is 1. The summed E-state index contributed by atoms with van der Waals surface area (Å²) in [6.45, 7) is 2.71. The Hall–Kier alpha value is -1.14. The lowest BCUT2D eigenvalue weighted by molar-refractivity contribution is -0.155. The zero-order valence-corrected chi connectivity index (χ0v) is 11.0. The van der Waals surface area contributed by atoms with Gasteiger partial charge in [-0.2, -0.15) is 0 Å². The number of carbonyl (C=O) groups is 1. The van der Waals surface area contributed by atoms with Crippen LogP contribution in [0.3, 0.4) is 0 Å². The Bertz CT molecular complexity index is 449. The number of halogens is 2. The van der Waals surface area contributed by atoms with Gasteiger partial charge >= 0.3 is 5.97 Å². The Morgan fingerprint density at radius 1 is 1.59 bits per heavy atom. The van der Waals surface area contributed by atoms with Crippen LogP contribution >= 0.6 is 15.9 Å². The summed E-state index contributed by atoms with van der Waals surface area (Å²) in [5, 5.41) is 21.0. The van der Waals surface area contributed by atoms with Crippen LogP contribution in [0.15, 0.2) is 16.6 Å². The van der Waals surface area contributed by atoms with Gasteiger partial charge in [-0.05, 0) is 47.5 Å². The van der Waals surface area contributed by atoms with Gasteiger partial charge in [0.2, 0.25) is 0 Å². The van der Waals surface area contributed by atoms with Gasteiger partial charge in [-0.25, -0.2) is 9.18 Å². The fourth-order valence-electron chi connectivity index (χ4n) is 1.18. The van der Waals surface area contributed by atoms with E-state index in [1.54, 1.807) is 6.92 Å². The van der Waals surface area contributed by atoms with E-state index in [1.165, 1.54) is 19.1 Å². The molecule has 0 aliphatic carbocycles. The van der Waals surface area contributed by atoms with Crippen LogP contribution in [0.2, 0.25) is 0 Å². The van der Waals surface area contributed by atoms with E-state index in [2.05, 4.69) is 21.2 Å². The Balaban J connectivity index is 2.83. The summed E-state index contributed by atoms with van der Waals surface area (Å²) in [7, 11) is 0. The third kappa shape index (κ3) is 3.41. The molecule has 0 bridgehead atoms. The third-order valence-corrected chi connectivity index (χ3v) is 2.96. The van der Waals surface area contributed by atoms with E-state index in [0.29, 0.717) is 11.3 Å². The molecule has 1 unspecified atom stereocenters. The second-order valence-electron chi connectivity index (χ2n) is 4.01. The number of aliphatic carboxylic acids is 1. The van der Waals surface area contributed by atoms with Crippen molar-refractivity contribution in [2.45, 2.75) is 19.4 Å². The van der Waals surface area contributed by atoms with Crippen molar-refractivity contribution in [3.63, 3.8) is 0 Å². The SMILES string of the molecule is Cc1cc(F)c(Br)cc1NCC(C)(O)C(=O)O. The van der Waals surface area contributed by atoms with E-state index >= 15 is 0 Å². The number of benzene rings is 1. The standard InChI is InChI=1S/C11H13BrFNO3/c1-6-3-8(13)7(12)4-9(6)14-5-11(2,17)10(15)16/h3-4,14,17H,5H2,1-2H3,(H,15,16). The van der Waals surface area contributed by atoms with E-state index in [9.17, 15) is 14.3 Å². The van der Waals surface area contributed by atoms with Crippen LogP contribution < -0.4 is 5.32 Å². The maximum atomic E-state index is 13.1. The van der Waals surface area contributed by atoms with Gasteiger partial charge in [0.05, 0.1) is 11.0 Å².